The predicted octanol–water partition coefficient (Wildman–Crippen LogP) is 3.02. The third-order valence-corrected chi connectivity index (χ3v) is 4.54. The first-order valence-electron chi connectivity index (χ1n) is 5.58. The van der Waals surface area contributed by atoms with Crippen molar-refractivity contribution in [3.63, 3.8) is 0 Å². The SMILES string of the molecule is CSCC(C)N(C)C(=O)c1cc([N+](=O)[O-])ccc1I. The summed E-state index contributed by atoms with van der Waals surface area (Å²) in [5.41, 5.74) is 0.319. The van der Waals surface area contributed by atoms with E-state index in [2.05, 4.69) is 0 Å². The average Bonchev–Trinajstić information content (AvgIpc) is 2.37. The minimum Gasteiger partial charge on any atom is -0.338 e. The van der Waals surface area contributed by atoms with Crippen LogP contribution in [0.2, 0.25) is 0 Å². The highest BCUT2D eigenvalue weighted by atomic mass is 127. The van der Waals surface area contributed by atoms with Crippen LogP contribution in [0.3, 0.4) is 0 Å². The molecule has 1 unspecified atom stereocenters. The molecule has 19 heavy (non-hydrogen) atoms. The largest absolute Gasteiger partial charge is 0.338 e. The second-order valence-corrected chi connectivity index (χ2v) is 6.21. The molecule has 7 heteroatoms. The lowest BCUT2D eigenvalue weighted by molar-refractivity contribution is -0.384. The Morgan fingerprint density at radius 3 is 2.74 bits per heavy atom. The number of nitrogens with zero attached hydrogens (tertiary/aromatic N) is 2. The van der Waals surface area contributed by atoms with Gasteiger partial charge in [0.25, 0.3) is 11.6 Å². The molecule has 0 N–H and O–H groups in total. The smallest absolute Gasteiger partial charge is 0.270 e. The fourth-order valence-corrected chi connectivity index (χ4v) is 2.81. The van der Waals surface area contributed by atoms with Crippen LogP contribution in [0, 0.1) is 13.7 Å². The zero-order chi connectivity index (χ0) is 14.6. The number of amides is 1. The van der Waals surface area contributed by atoms with E-state index in [0.29, 0.717) is 5.56 Å². The molecule has 1 amide bonds. The summed E-state index contributed by atoms with van der Waals surface area (Å²) in [5, 5.41) is 10.8. The molecule has 0 bridgehead atoms. The van der Waals surface area contributed by atoms with Gasteiger partial charge in [-0.15, -0.1) is 0 Å². The first kappa shape index (κ1) is 16.2. The van der Waals surface area contributed by atoms with E-state index in [0.717, 1.165) is 9.32 Å². The molecule has 5 nitrogen and oxygen atoms in total. The van der Waals surface area contributed by atoms with Crippen molar-refractivity contribution in [1.82, 2.24) is 4.90 Å². The van der Waals surface area contributed by atoms with Crippen LogP contribution in [0.15, 0.2) is 18.2 Å². The monoisotopic (exact) mass is 394 g/mol. The van der Waals surface area contributed by atoms with Gasteiger partial charge in [-0.2, -0.15) is 11.8 Å². The summed E-state index contributed by atoms with van der Waals surface area (Å²) in [4.78, 5) is 24.2. The fourth-order valence-electron chi connectivity index (χ4n) is 1.53. The Bertz CT molecular complexity index is 496. The van der Waals surface area contributed by atoms with E-state index >= 15 is 0 Å². The van der Waals surface area contributed by atoms with Crippen molar-refractivity contribution in [3.8, 4) is 0 Å². The van der Waals surface area contributed by atoms with E-state index in [1.807, 2.05) is 35.8 Å². The maximum absolute atomic E-state index is 12.3. The van der Waals surface area contributed by atoms with Crippen molar-refractivity contribution in [1.29, 1.82) is 0 Å². The van der Waals surface area contributed by atoms with Gasteiger partial charge in [-0.1, -0.05) is 0 Å². The molecule has 1 rings (SSSR count). The Morgan fingerprint density at radius 2 is 2.21 bits per heavy atom. The van der Waals surface area contributed by atoms with Gasteiger partial charge < -0.3 is 4.90 Å². The molecule has 0 radical (unpaired) electrons. The summed E-state index contributed by atoms with van der Waals surface area (Å²) in [5.74, 6) is 0.642. The maximum atomic E-state index is 12.3. The number of non-ortho nitro benzene ring substituents is 1. The quantitative estimate of drug-likeness (QED) is 0.438. The number of carbonyl (C=O) groups excluding carboxylic acids is 1. The van der Waals surface area contributed by atoms with E-state index in [-0.39, 0.29) is 17.6 Å². The van der Waals surface area contributed by atoms with E-state index < -0.39 is 4.92 Å². The molecule has 1 aromatic rings. The van der Waals surface area contributed by atoms with Crippen LogP contribution in [0.5, 0.6) is 0 Å². The van der Waals surface area contributed by atoms with Gasteiger partial charge >= 0.3 is 0 Å². The number of benzene rings is 1. The molecular weight excluding hydrogens is 379 g/mol. The zero-order valence-electron chi connectivity index (χ0n) is 10.9. The van der Waals surface area contributed by atoms with Crippen LogP contribution in [-0.4, -0.2) is 40.8 Å². The molecule has 0 aromatic heterocycles. The Hall–Kier alpha value is -0.830. The lowest BCUT2D eigenvalue weighted by atomic mass is 10.1. The second kappa shape index (κ2) is 7.09. The van der Waals surface area contributed by atoms with Crippen LogP contribution in [0.25, 0.3) is 0 Å². The Labute approximate surface area is 130 Å². The van der Waals surface area contributed by atoms with Gasteiger partial charge in [0.05, 0.1) is 10.5 Å². The number of rotatable bonds is 5. The molecule has 0 spiro atoms. The number of hydrogen-bond donors (Lipinski definition) is 0. The van der Waals surface area contributed by atoms with E-state index in [4.69, 9.17) is 0 Å². The van der Waals surface area contributed by atoms with Crippen molar-refractivity contribution in [2.24, 2.45) is 0 Å². The van der Waals surface area contributed by atoms with Gasteiger partial charge in [-0.3, -0.25) is 14.9 Å². The third kappa shape index (κ3) is 4.07. The summed E-state index contributed by atoms with van der Waals surface area (Å²) in [6.45, 7) is 1.96. The Kier molecular flexibility index (Phi) is 6.05. The molecule has 104 valence electrons. The van der Waals surface area contributed by atoms with Crippen molar-refractivity contribution in [2.75, 3.05) is 19.1 Å². The van der Waals surface area contributed by atoms with Crippen LogP contribution in [0.1, 0.15) is 17.3 Å². The number of hydrogen-bond acceptors (Lipinski definition) is 4. The Morgan fingerprint density at radius 1 is 1.58 bits per heavy atom. The molecule has 0 saturated carbocycles. The first-order chi connectivity index (χ1) is 8.88. The summed E-state index contributed by atoms with van der Waals surface area (Å²) in [6.07, 6.45) is 1.98. The summed E-state index contributed by atoms with van der Waals surface area (Å²) in [6, 6.07) is 4.42. The van der Waals surface area contributed by atoms with Gasteiger partial charge in [0.2, 0.25) is 0 Å². The number of thioether (sulfide) groups is 1. The second-order valence-electron chi connectivity index (χ2n) is 4.14. The van der Waals surface area contributed by atoms with Crippen LogP contribution in [0.4, 0.5) is 5.69 Å². The highest BCUT2D eigenvalue weighted by Gasteiger charge is 2.21. The maximum Gasteiger partial charge on any atom is 0.270 e. The number of carbonyl (C=O) groups is 1. The van der Waals surface area contributed by atoms with Crippen LogP contribution in [-0.2, 0) is 0 Å². The minimum absolute atomic E-state index is 0.0605. The van der Waals surface area contributed by atoms with Crippen molar-refractivity contribution in [3.05, 3.63) is 37.4 Å². The lowest BCUT2D eigenvalue weighted by Crippen LogP contribution is -2.37. The minimum atomic E-state index is -0.488. The number of nitro benzene ring substituents is 1. The predicted molar refractivity (Wildman–Crippen MR) is 85.8 cm³/mol. The van der Waals surface area contributed by atoms with Crippen molar-refractivity contribution in [2.45, 2.75) is 13.0 Å². The normalized spacial score (nSPS) is 12.0. The summed E-state index contributed by atoms with van der Waals surface area (Å²) >= 11 is 3.68. The molecule has 0 fully saturated rings. The molecule has 1 atom stereocenters. The molecule has 0 aliphatic rings. The van der Waals surface area contributed by atoms with Gasteiger partial charge in [0, 0.05) is 34.5 Å². The van der Waals surface area contributed by atoms with Gasteiger partial charge in [-0.05, 0) is 41.8 Å². The van der Waals surface area contributed by atoms with Gasteiger partial charge in [0.15, 0.2) is 0 Å². The lowest BCUT2D eigenvalue weighted by Gasteiger charge is -2.24. The molecule has 1 aromatic carbocycles. The molecule has 0 heterocycles. The summed E-state index contributed by atoms with van der Waals surface area (Å²) in [7, 11) is 1.72. The van der Waals surface area contributed by atoms with Crippen molar-refractivity contribution >= 4 is 45.9 Å². The number of nitro groups is 1. The van der Waals surface area contributed by atoms with E-state index in [1.165, 1.54) is 12.1 Å². The van der Waals surface area contributed by atoms with E-state index in [9.17, 15) is 14.9 Å². The fraction of sp³-hybridized carbons (Fsp3) is 0.417. The highest BCUT2D eigenvalue weighted by molar-refractivity contribution is 14.1. The van der Waals surface area contributed by atoms with E-state index in [1.54, 1.807) is 29.8 Å². The van der Waals surface area contributed by atoms with Gasteiger partial charge in [0.1, 0.15) is 0 Å². The van der Waals surface area contributed by atoms with Crippen LogP contribution < -0.4 is 0 Å². The van der Waals surface area contributed by atoms with Crippen molar-refractivity contribution < 1.29 is 9.72 Å². The molecular formula is C12H15IN2O3S. The first-order valence-corrected chi connectivity index (χ1v) is 8.05. The molecule has 0 aliphatic carbocycles. The summed E-state index contributed by atoms with van der Waals surface area (Å²) < 4.78 is 0.719. The highest BCUT2D eigenvalue weighted by Crippen LogP contribution is 2.21. The van der Waals surface area contributed by atoms with Gasteiger partial charge in [-0.25, -0.2) is 0 Å². The zero-order valence-corrected chi connectivity index (χ0v) is 13.9. The standard InChI is InChI=1S/C12H15IN2O3S/c1-8(7-19-3)14(2)12(16)10-6-9(15(17)18)4-5-11(10)13/h4-6,8H,7H2,1-3H3. The topological polar surface area (TPSA) is 63.5 Å². The number of halogens is 1. The van der Waals surface area contributed by atoms with Crippen LogP contribution >= 0.6 is 34.4 Å². The average molecular weight is 394 g/mol. The third-order valence-electron chi connectivity index (χ3n) is 2.78. The molecule has 0 aliphatic heterocycles. The Balaban J connectivity index is 3.04. The molecule has 0 saturated heterocycles.